The van der Waals surface area contributed by atoms with Gasteiger partial charge in [0.25, 0.3) is 5.89 Å². The number of carboxylic acid groups (broad SMARTS) is 1. The molecular weight excluding hydrogens is 351 g/mol. The van der Waals surface area contributed by atoms with Crippen LogP contribution in [-0.2, 0) is 4.79 Å². The molecule has 138 valence electrons. The van der Waals surface area contributed by atoms with Crippen molar-refractivity contribution in [1.29, 1.82) is 0 Å². The first-order chi connectivity index (χ1) is 13.1. The predicted molar refractivity (Wildman–Crippen MR) is 95.5 cm³/mol. The van der Waals surface area contributed by atoms with Gasteiger partial charge in [-0.1, -0.05) is 5.16 Å². The lowest BCUT2D eigenvalue weighted by atomic mass is 9.98. The SMILES string of the molecule is O=C(O)C1CCCN(c2ncccc2-c2nc(-c3ccc(F)cc3)no2)C1. The molecular formula is C19H17FN4O3. The molecule has 1 atom stereocenters. The van der Waals surface area contributed by atoms with Crippen molar-refractivity contribution in [3.05, 3.63) is 48.4 Å². The summed E-state index contributed by atoms with van der Waals surface area (Å²) in [7, 11) is 0. The van der Waals surface area contributed by atoms with Gasteiger partial charge >= 0.3 is 5.97 Å². The molecule has 3 aromatic rings. The molecule has 0 aliphatic carbocycles. The van der Waals surface area contributed by atoms with Crippen LogP contribution in [0.2, 0.25) is 0 Å². The van der Waals surface area contributed by atoms with Crippen molar-refractivity contribution in [2.75, 3.05) is 18.0 Å². The third kappa shape index (κ3) is 3.51. The van der Waals surface area contributed by atoms with Crippen LogP contribution in [0.4, 0.5) is 10.2 Å². The number of carboxylic acids is 1. The van der Waals surface area contributed by atoms with E-state index >= 15 is 0 Å². The number of pyridine rings is 1. The van der Waals surface area contributed by atoms with E-state index < -0.39 is 11.9 Å². The minimum Gasteiger partial charge on any atom is -0.481 e. The average Bonchev–Trinajstić information content (AvgIpc) is 3.19. The van der Waals surface area contributed by atoms with E-state index in [1.807, 2.05) is 11.0 Å². The number of benzene rings is 1. The molecule has 0 spiro atoms. The Labute approximate surface area is 154 Å². The number of hydrogen-bond acceptors (Lipinski definition) is 6. The van der Waals surface area contributed by atoms with Crippen LogP contribution in [0.3, 0.4) is 0 Å². The van der Waals surface area contributed by atoms with Gasteiger partial charge in [-0.2, -0.15) is 4.98 Å². The van der Waals surface area contributed by atoms with Crippen molar-refractivity contribution in [3.8, 4) is 22.8 Å². The molecule has 8 heteroatoms. The maximum absolute atomic E-state index is 13.1. The molecule has 2 aromatic heterocycles. The first-order valence-corrected chi connectivity index (χ1v) is 8.64. The van der Waals surface area contributed by atoms with Crippen molar-refractivity contribution in [2.24, 2.45) is 5.92 Å². The number of halogens is 1. The van der Waals surface area contributed by atoms with Gasteiger partial charge in [-0.3, -0.25) is 4.79 Å². The van der Waals surface area contributed by atoms with Crippen LogP contribution < -0.4 is 4.90 Å². The number of piperidine rings is 1. The molecule has 1 aromatic carbocycles. The van der Waals surface area contributed by atoms with Crippen LogP contribution in [0.1, 0.15) is 12.8 Å². The monoisotopic (exact) mass is 368 g/mol. The molecule has 7 nitrogen and oxygen atoms in total. The standard InChI is InChI=1S/C19H17FN4O3/c20-14-7-5-12(6-8-14)16-22-18(27-23-16)15-4-1-9-21-17(15)24-10-2-3-13(11-24)19(25)26/h1,4-9,13H,2-3,10-11H2,(H,25,26). The smallest absolute Gasteiger partial charge is 0.308 e. The number of rotatable bonds is 4. The molecule has 4 rings (SSSR count). The highest BCUT2D eigenvalue weighted by Crippen LogP contribution is 2.31. The molecule has 0 amide bonds. The summed E-state index contributed by atoms with van der Waals surface area (Å²) < 4.78 is 18.5. The Morgan fingerprint density at radius 2 is 2.07 bits per heavy atom. The Kier molecular flexibility index (Phi) is 4.53. The minimum absolute atomic E-state index is 0.287. The molecule has 27 heavy (non-hydrogen) atoms. The van der Waals surface area contributed by atoms with E-state index in [1.165, 1.54) is 12.1 Å². The second-order valence-corrected chi connectivity index (χ2v) is 6.43. The Bertz CT molecular complexity index is 958. The normalized spacial score (nSPS) is 17.1. The zero-order chi connectivity index (χ0) is 18.8. The molecule has 1 unspecified atom stereocenters. The highest BCUT2D eigenvalue weighted by atomic mass is 19.1. The molecule has 0 radical (unpaired) electrons. The maximum atomic E-state index is 13.1. The van der Waals surface area contributed by atoms with Gasteiger partial charge in [-0.25, -0.2) is 9.37 Å². The van der Waals surface area contributed by atoms with Crippen molar-refractivity contribution < 1.29 is 18.8 Å². The van der Waals surface area contributed by atoms with Gasteiger partial charge in [-0.15, -0.1) is 0 Å². The number of anilines is 1. The fourth-order valence-corrected chi connectivity index (χ4v) is 3.24. The summed E-state index contributed by atoms with van der Waals surface area (Å²) in [4.78, 5) is 22.1. The highest BCUT2D eigenvalue weighted by molar-refractivity contribution is 5.74. The molecule has 1 aliphatic rings. The summed E-state index contributed by atoms with van der Waals surface area (Å²) in [6.07, 6.45) is 3.08. The Morgan fingerprint density at radius 1 is 1.26 bits per heavy atom. The lowest BCUT2D eigenvalue weighted by molar-refractivity contribution is -0.141. The van der Waals surface area contributed by atoms with Gasteiger partial charge < -0.3 is 14.5 Å². The van der Waals surface area contributed by atoms with Gasteiger partial charge in [0.05, 0.1) is 11.5 Å². The van der Waals surface area contributed by atoms with Crippen LogP contribution in [-0.4, -0.2) is 39.3 Å². The van der Waals surface area contributed by atoms with Gasteiger partial charge in [0, 0.05) is 24.8 Å². The quantitative estimate of drug-likeness (QED) is 0.756. The Hall–Kier alpha value is -3.29. The van der Waals surface area contributed by atoms with Crippen LogP contribution in [0.5, 0.6) is 0 Å². The number of hydrogen-bond donors (Lipinski definition) is 1. The van der Waals surface area contributed by atoms with E-state index in [0.29, 0.717) is 42.3 Å². The average molecular weight is 368 g/mol. The number of aliphatic carboxylic acids is 1. The molecule has 1 aliphatic heterocycles. The van der Waals surface area contributed by atoms with Gasteiger partial charge in [-0.05, 0) is 49.2 Å². The minimum atomic E-state index is -0.798. The van der Waals surface area contributed by atoms with E-state index in [9.17, 15) is 14.3 Å². The van der Waals surface area contributed by atoms with Crippen LogP contribution >= 0.6 is 0 Å². The van der Waals surface area contributed by atoms with Gasteiger partial charge in [0.2, 0.25) is 5.82 Å². The Balaban J connectivity index is 1.65. The van der Waals surface area contributed by atoms with Crippen molar-refractivity contribution in [1.82, 2.24) is 15.1 Å². The summed E-state index contributed by atoms with van der Waals surface area (Å²) in [6, 6.07) is 9.40. The number of carbonyl (C=O) groups is 1. The predicted octanol–water partition coefficient (Wildman–Crippen LogP) is 3.24. The molecule has 0 bridgehead atoms. The van der Waals surface area contributed by atoms with Crippen LogP contribution in [0.15, 0.2) is 47.1 Å². The van der Waals surface area contributed by atoms with Gasteiger partial charge in [0.15, 0.2) is 0 Å². The maximum Gasteiger partial charge on any atom is 0.308 e. The zero-order valence-corrected chi connectivity index (χ0v) is 14.4. The third-order valence-corrected chi connectivity index (χ3v) is 4.62. The molecule has 1 saturated heterocycles. The van der Waals surface area contributed by atoms with E-state index in [0.717, 1.165) is 6.42 Å². The second-order valence-electron chi connectivity index (χ2n) is 6.43. The fraction of sp³-hybridized carbons (Fsp3) is 0.263. The van der Waals surface area contributed by atoms with E-state index in [4.69, 9.17) is 4.52 Å². The highest BCUT2D eigenvalue weighted by Gasteiger charge is 2.28. The van der Waals surface area contributed by atoms with Crippen LogP contribution in [0.25, 0.3) is 22.8 Å². The molecule has 1 fully saturated rings. The lowest BCUT2D eigenvalue weighted by Gasteiger charge is -2.32. The fourth-order valence-electron chi connectivity index (χ4n) is 3.24. The summed E-state index contributed by atoms with van der Waals surface area (Å²) in [5.41, 5.74) is 1.28. The number of nitrogens with zero attached hydrogens (tertiary/aromatic N) is 4. The summed E-state index contributed by atoms with van der Waals surface area (Å²) in [5, 5.41) is 13.3. The first kappa shape index (κ1) is 17.1. The molecule has 3 heterocycles. The largest absolute Gasteiger partial charge is 0.481 e. The molecule has 0 saturated carbocycles. The van der Waals surface area contributed by atoms with E-state index in [2.05, 4.69) is 15.1 Å². The van der Waals surface area contributed by atoms with Crippen LogP contribution in [0, 0.1) is 11.7 Å². The number of aromatic nitrogens is 3. The first-order valence-electron chi connectivity index (χ1n) is 8.64. The second kappa shape index (κ2) is 7.14. The van der Waals surface area contributed by atoms with Crippen molar-refractivity contribution in [2.45, 2.75) is 12.8 Å². The topological polar surface area (TPSA) is 92.3 Å². The lowest BCUT2D eigenvalue weighted by Crippen LogP contribution is -2.39. The third-order valence-electron chi connectivity index (χ3n) is 4.62. The van der Waals surface area contributed by atoms with Gasteiger partial charge in [0.1, 0.15) is 11.6 Å². The zero-order valence-electron chi connectivity index (χ0n) is 14.4. The molecule has 1 N–H and O–H groups in total. The van der Waals surface area contributed by atoms with E-state index in [-0.39, 0.29) is 11.7 Å². The summed E-state index contributed by atoms with van der Waals surface area (Å²) >= 11 is 0. The van der Waals surface area contributed by atoms with Crippen molar-refractivity contribution in [3.63, 3.8) is 0 Å². The summed E-state index contributed by atoms with van der Waals surface area (Å²) in [6.45, 7) is 1.10. The van der Waals surface area contributed by atoms with Crippen molar-refractivity contribution >= 4 is 11.8 Å². The Morgan fingerprint density at radius 3 is 2.85 bits per heavy atom. The van der Waals surface area contributed by atoms with E-state index in [1.54, 1.807) is 24.4 Å². The summed E-state index contributed by atoms with van der Waals surface area (Å²) in [5.74, 6) is -0.302.